The van der Waals surface area contributed by atoms with Crippen LogP contribution < -0.4 is 11.3 Å². The van der Waals surface area contributed by atoms with Crippen molar-refractivity contribution < 1.29 is 9.59 Å². The molecule has 1 saturated heterocycles. The minimum absolute atomic E-state index is 0.507. The van der Waals surface area contributed by atoms with Crippen molar-refractivity contribution in [3.8, 4) is 0 Å². The summed E-state index contributed by atoms with van der Waals surface area (Å²) in [6.45, 7) is 5.73. The summed E-state index contributed by atoms with van der Waals surface area (Å²) in [6.07, 6.45) is 3.07. The van der Waals surface area contributed by atoms with E-state index in [0.29, 0.717) is 24.9 Å². The minimum Gasteiger partial charge on any atom is -0.334 e. The highest BCUT2D eigenvalue weighted by Crippen LogP contribution is 2.24. The van der Waals surface area contributed by atoms with E-state index >= 15 is 0 Å². The number of likely N-dealkylation sites (tertiary alicyclic amines) is 1. The smallest absolute Gasteiger partial charge is 0.323 e. The number of hydrogen-bond acceptors (Lipinski definition) is 3. The molecule has 0 aromatic heterocycles. The molecule has 0 bridgehead atoms. The predicted molar refractivity (Wildman–Crippen MR) is 61.1 cm³/mol. The monoisotopic (exact) mass is 227 g/mol. The van der Waals surface area contributed by atoms with Gasteiger partial charge in [0.15, 0.2) is 0 Å². The second kappa shape index (κ2) is 5.84. The molecular formula is C11H21N3O2. The van der Waals surface area contributed by atoms with Crippen LogP contribution in [0.15, 0.2) is 0 Å². The summed E-state index contributed by atoms with van der Waals surface area (Å²) in [5.74, 6) is 5.01. The highest BCUT2D eigenvalue weighted by atomic mass is 16.2. The van der Waals surface area contributed by atoms with E-state index in [2.05, 4.69) is 13.8 Å². The molecule has 3 N–H and O–H groups in total. The van der Waals surface area contributed by atoms with Gasteiger partial charge in [-0.15, -0.1) is 0 Å². The van der Waals surface area contributed by atoms with Gasteiger partial charge < -0.3 is 4.90 Å². The number of carbonyl (C=O) groups excluding carboxylic acids is 2. The van der Waals surface area contributed by atoms with Gasteiger partial charge in [-0.3, -0.25) is 15.0 Å². The zero-order chi connectivity index (χ0) is 12.1. The van der Waals surface area contributed by atoms with Gasteiger partial charge in [-0.2, -0.15) is 0 Å². The van der Waals surface area contributed by atoms with Crippen LogP contribution in [0.2, 0.25) is 0 Å². The van der Waals surface area contributed by atoms with Crippen LogP contribution in [0.3, 0.4) is 0 Å². The van der Waals surface area contributed by atoms with Gasteiger partial charge in [0.1, 0.15) is 0 Å². The molecule has 0 spiro atoms. The average Bonchev–Trinajstić information content (AvgIpc) is 2.52. The van der Waals surface area contributed by atoms with Crippen LogP contribution in [-0.2, 0) is 9.59 Å². The van der Waals surface area contributed by atoms with Gasteiger partial charge in [0, 0.05) is 13.1 Å². The number of nitrogens with one attached hydrogen (secondary N) is 1. The summed E-state index contributed by atoms with van der Waals surface area (Å²) in [5.41, 5.74) is 1.89. The molecule has 1 rings (SSSR count). The lowest BCUT2D eigenvalue weighted by Gasteiger charge is -2.20. The van der Waals surface area contributed by atoms with E-state index < -0.39 is 11.8 Å². The molecule has 0 aromatic rings. The molecule has 1 atom stereocenters. The Labute approximate surface area is 96.3 Å². The minimum atomic E-state index is -0.719. The molecule has 1 heterocycles. The van der Waals surface area contributed by atoms with Crippen molar-refractivity contribution in [3.05, 3.63) is 0 Å². The quantitative estimate of drug-likeness (QED) is 0.292. The number of nitrogens with zero attached hydrogens (tertiary/aromatic N) is 1. The maximum absolute atomic E-state index is 11.6. The van der Waals surface area contributed by atoms with E-state index in [0.717, 1.165) is 19.3 Å². The van der Waals surface area contributed by atoms with Gasteiger partial charge in [-0.25, -0.2) is 5.84 Å². The standard InChI is InChI=1S/C11H21N3O2/c1-8(2)9-4-3-6-14(7-5-9)11(16)10(15)13-12/h8-9H,3-7,12H2,1-2H3,(H,13,15). The Hall–Kier alpha value is -1.10. The van der Waals surface area contributed by atoms with Gasteiger partial charge in [-0.05, 0) is 31.1 Å². The van der Waals surface area contributed by atoms with Crippen LogP contribution >= 0.6 is 0 Å². The van der Waals surface area contributed by atoms with Crippen molar-refractivity contribution in [2.24, 2.45) is 17.7 Å². The molecule has 0 aromatic carbocycles. The summed E-state index contributed by atoms with van der Waals surface area (Å²) in [5, 5.41) is 0. The molecule has 1 aliphatic rings. The first-order valence-electron chi connectivity index (χ1n) is 5.86. The van der Waals surface area contributed by atoms with Crippen molar-refractivity contribution in [1.82, 2.24) is 10.3 Å². The molecule has 5 heteroatoms. The molecular weight excluding hydrogens is 206 g/mol. The van der Waals surface area contributed by atoms with Crippen LogP contribution in [0.4, 0.5) is 0 Å². The fourth-order valence-corrected chi connectivity index (χ4v) is 2.20. The third-order valence-corrected chi connectivity index (χ3v) is 3.33. The van der Waals surface area contributed by atoms with Gasteiger partial charge in [0.05, 0.1) is 0 Å². The lowest BCUT2D eigenvalue weighted by molar-refractivity contribution is -0.145. The highest BCUT2D eigenvalue weighted by molar-refractivity contribution is 6.34. The zero-order valence-corrected chi connectivity index (χ0v) is 10.0. The number of nitrogens with two attached hydrogens (primary N) is 1. The molecule has 5 nitrogen and oxygen atoms in total. The summed E-state index contributed by atoms with van der Waals surface area (Å²) < 4.78 is 0. The lowest BCUT2D eigenvalue weighted by Crippen LogP contribution is -2.45. The molecule has 92 valence electrons. The molecule has 16 heavy (non-hydrogen) atoms. The average molecular weight is 227 g/mol. The van der Waals surface area contributed by atoms with Gasteiger partial charge >= 0.3 is 11.8 Å². The number of amides is 2. The van der Waals surface area contributed by atoms with Gasteiger partial charge in [0.2, 0.25) is 0 Å². The second-order valence-electron chi connectivity index (χ2n) is 4.70. The molecule has 1 unspecified atom stereocenters. The van der Waals surface area contributed by atoms with E-state index in [1.807, 2.05) is 5.43 Å². The normalized spacial score (nSPS) is 21.8. The third-order valence-electron chi connectivity index (χ3n) is 3.33. The van der Waals surface area contributed by atoms with E-state index in [1.54, 1.807) is 4.90 Å². The Kier molecular flexibility index (Phi) is 4.73. The van der Waals surface area contributed by atoms with Crippen LogP contribution in [0.25, 0.3) is 0 Å². The first kappa shape index (κ1) is 13.0. The van der Waals surface area contributed by atoms with E-state index in [4.69, 9.17) is 5.84 Å². The lowest BCUT2D eigenvalue weighted by atomic mass is 9.89. The largest absolute Gasteiger partial charge is 0.334 e. The summed E-state index contributed by atoms with van der Waals surface area (Å²) in [6, 6.07) is 0. The van der Waals surface area contributed by atoms with E-state index in [9.17, 15) is 9.59 Å². The second-order valence-corrected chi connectivity index (χ2v) is 4.70. The Morgan fingerprint density at radius 2 is 2.00 bits per heavy atom. The Bertz CT molecular complexity index is 266. The van der Waals surface area contributed by atoms with Gasteiger partial charge in [0.25, 0.3) is 0 Å². The van der Waals surface area contributed by atoms with Crippen LogP contribution in [-0.4, -0.2) is 29.8 Å². The third kappa shape index (κ3) is 3.20. The highest BCUT2D eigenvalue weighted by Gasteiger charge is 2.25. The fraction of sp³-hybridized carbons (Fsp3) is 0.818. The number of hydrogen-bond donors (Lipinski definition) is 2. The molecule has 1 fully saturated rings. The van der Waals surface area contributed by atoms with Gasteiger partial charge in [-0.1, -0.05) is 13.8 Å². The zero-order valence-electron chi connectivity index (χ0n) is 10.0. The van der Waals surface area contributed by atoms with Crippen LogP contribution in [0, 0.1) is 11.8 Å². The van der Waals surface area contributed by atoms with Crippen LogP contribution in [0.1, 0.15) is 33.1 Å². The van der Waals surface area contributed by atoms with E-state index in [1.165, 1.54) is 0 Å². The fourth-order valence-electron chi connectivity index (χ4n) is 2.20. The Morgan fingerprint density at radius 3 is 2.56 bits per heavy atom. The molecule has 2 amide bonds. The van der Waals surface area contributed by atoms with Crippen molar-refractivity contribution in [2.45, 2.75) is 33.1 Å². The SMILES string of the molecule is CC(C)C1CCCN(C(=O)C(=O)NN)CC1. The first-order chi connectivity index (χ1) is 7.56. The van der Waals surface area contributed by atoms with Crippen molar-refractivity contribution in [3.63, 3.8) is 0 Å². The van der Waals surface area contributed by atoms with Crippen molar-refractivity contribution >= 4 is 11.8 Å². The maximum atomic E-state index is 11.6. The molecule has 0 saturated carbocycles. The molecule has 0 aliphatic carbocycles. The molecule has 1 aliphatic heterocycles. The summed E-state index contributed by atoms with van der Waals surface area (Å²) >= 11 is 0. The number of rotatable bonds is 1. The predicted octanol–water partition coefficient (Wildman–Crippen LogP) is 0.261. The maximum Gasteiger partial charge on any atom is 0.323 e. The van der Waals surface area contributed by atoms with Crippen LogP contribution in [0.5, 0.6) is 0 Å². The number of hydrazine groups is 1. The van der Waals surface area contributed by atoms with E-state index in [-0.39, 0.29) is 0 Å². The topological polar surface area (TPSA) is 75.4 Å². The molecule has 0 radical (unpaired) electrons. The Morgan fingerprint density at radius 1 is 1.31 bits per heavy atom. The summed E-state index contributed by atoms with van der Waals surface area (Å²) in [4.78, 5) is 24.3. The van der Waals surface area contributed by atoms with Crippen molar-refractivity contribution in [1.29, 1.82) is 0 Å². The first-order valence-corrected chi connectivity index (χ1v) is 5.86. The van der Waals surface area contributed by atoms with Crippen molar-refractivity contribution in [2.75, 3.05) is 13.1 Å². The summed E-state index contributed by atoms with van der Waals surface area (Å²) in [7, 11) is 0. The Balaban J connectivity index is 2.53. The number of carbonyl (C=O) groups is 2.